The van der Waals surface area contributed by atoms with Crippen molar-refractivity contribution in [1.29, 1.82) is 0 Å². The number of aliphatic hydroxyl groups is 1. The van der Waals surface area contributed by atoms with Crippen molar-refractivity contribution in [3.63, 3.8) is 0 Å². The van der Waals surface area contributed by atoms with Crippen molar-refractivity contribution in [2.45, 2.75) is 45.4 Å². The number of aliphatic hydroxyl groups excluding tert-OH is 1. The molecule has 1 aromatic heterocycles. The van der Waals surface area contributed by atoms with Crippen LogP contribution in [0.1, 0.15) is 54.7 Å². The minimum Gasteiger partial charge on any atom is -0.475 e. The zero-order chi connectivity index (χ0) is 20.3. The quantitative estimate of drug-likeness (QED) is 0.720. The standard InChI is InChI=1S/C21H25NO6/c1-13(2)20(24)14-3-5-15(6-4-14)22-16(7-10-19(22)23)11-27-12-17-8-9-18(28-17)21(25)26/h3-6,8-9,13,16,20,24H,7,10-12H2,1-2H3,(H,25,26)/t16?,20-/m0/s1. The van der Waals surface area contributed by atoms with Gasteiger partial charge in [0.2, 0.25) is 11.7 Å². The Bertz CT molecular complexity index is 826. The van der Waals surface area contributed by atoms with Gasteiger partial charge in [-0.15, -0.1) is 0 Å². The fourth-order valence-electron chi connectivity index (χ4n) is 3.34. The Morgan fingerprint density at radius 1 is 1.25 bits per heavy atom. The summed E-state index contributed by atoms with van der Waals surface area (Å²) < 4.78 is 10.8. The van der Waals surface area contributed by atoms with Gasteiger partial charge in [0.1, 0.15) is 12.4 Å². The molecular weight excluding hydrogens is 362 g/mol. The Balaban J connectivity index is 1.61. The Morgan fingerprint density at radius 3 is 2.57 bits per heavy atom. The van der Waals surface area contributed by atoms with Crippen molar-refractivity contribution in [3.05, 3.63) is 53.5 Å². The van der Waals surface area contributed by atoms with E-state index < -0.39 is 12.1 Å². The first-order chi connectivity index (χ1) is 13.4. The number of ether oxygens (including phenoxy) is 1. The maximum absolute atomic E-state index is 12.4. The first-order valence-electron chi connectivity index (χ1n) is 9.36. The Labute approximate surface area is 163 Å². The number of rotatable bonds is 8. The van der Waals surface area contributed by atoms with Crippen LogP contribution in [-0.4, -0.2) is 34.7 Å². The lowest BCUT2D eigenvalue weighted by Crippen LogP contribution is -2.36. The highest BCUT2D eigenvalue weighted by Gasteiger charge is 2.32. The number of hydrogen-bond acceptors (Lipinski definition) is 5. The molecule has 150 valence electrons. The van der Waals surface area contributed by atoms with Gasteiger partial charge in [0.25, 0.3) is 0 Å². The first kappa shape index (κ1) is 20.1. The summed E-state index contributed by atoms with van der Waals surface area (Å²) in [6.07, 6.45) is 0.605. The molecule has 0 aliphatic carbocycles. The number of carbonyl (C=O) groups is 2. The SMILES string of the molecule is CC(C)[C@H](O)c1ccc(N2C(=O)CCC2COCc2ccc(C(=O)O)o2)cc1. The molecular formula is C21H25NO6. The molecule has 0 spiro atoms. The number of aromatic carboxylic acids is 1. The summed E-state index contributed by atoms with van der Waals surface area (Å²) in [7, 11) is 0. The molecule has 2 N–H and O–H groups in total. The van der Waals surface area contributed by atoms with Gasteiger partial charge >= 0.3 is 5.97 Å². The third-order valence-corrected chi connectivity index (χ3v) is 4.90. The van der Waals surface area contributed by atoms with E-state index in [0.717, 1.165) is 11.3 Å². The highest BCUT2D eigenvalue weighted by molar-refractivity contribution is 5.96. The molecule has 1 aromatic carbocycles. The van der Waals surface area contributed by atoms with E-state index in [-0.39, 0.29) is 30.2 Å². The van der Waals surface area contributed by atoms with Crippen molar-refractivity contribution in [3.8, 4) is 0 Å². The van der Waals surface area contributed by atoms with Crippen LogP contribution in [0.15, 0.2) is 40.8 Å². The molecule has 0 bridgehead atoms. The predicted molar refractivity (Wildman–Crippen MR) is 102 cm³/mol. The number of nitrogens with zero attached hydrogens (tertiary/aromatic N) is 1. The van der Waals surface area contributed by atoms with Gasteiger partial charge in [-0.25, -0.2) is 4.79 Å². The van der Waals surface area contributed by atoms with E-state index in [4.69, 9.17) is 14.3 Å². The molecule has 1 fully saturated rings. The number of anilines is 1. The van der Waals surface area contributed by atoms with Crippen LogP contribution in [0.5, 0.6) is 0 Å². The largest absolute Gasteiger partial charge is 0.475 e. The lowest BCUT2D eigenvalue weighted by Gasteiger charge is -2.25. The van der Waals surface area contributed by atoms with Crippen LogP contribution in [-0.2, 0) is 16.1 Å². The molecule has 7 heteroatoms. The van der Waals surface area contributed by atoms with Crippen molar-refractivity contribution in [1.82, 2.24) is 0 Å². The lowest BCUT2D eigenvalue weighted by atomic mass is 9.99. The highest BCUT2D eigenvalue weighted by Crippen LogP contribution is 2.29. The number of hydrogen-bond donors (Lipinski definition) is 2. The van der Waals surface area contributed by atoms with Gasteiger partial charge in [0.15, 0.2) is 0 Å². The van der Waals surface area contributed by atoms with Crippen molar-refractivity contribution in [2.24, 2.45) is 5.92 Å². The van der Waals surface area contributed by atoms with Gasteiger partial charge in [-0.1, -0.05) is 26.0 Å². The van der Waals surface area contributed by atoms with Gasteiger partial charge in [-0.3, -0.25) is 4.79 Å². The van der Waals surface area contributed by atoms with E-state index in [1.54, 1.807) is 11.0 Å². The number of benzene rings is 1. The van der Waals surface area contributed by atoms with Crippen LogP contribution >= 0.6 is 0 Å². The Kier molecular flexibility index (Phi) is 6.16. The second-order valence-electron chi connectivity index (χ2n) is 7.32. The Hall–Kier alpha value is -2.64. The van der Waals surface area contributed by atoms with Crippen molar-refractivity contribution in [2.75, 3.05) is 11.5 Å². The second-order valence-corrected chi connectivity index (χ2v) is 7.32. The van der Waals surface area contributed by atoms with E-state index in [1.165, 1.54) is 6.07 Å². The van der Waals surface area contributed by atoms with Crippen LogP contribution in [0, 0.1) is 5.92 Å². The van der Waals surface area contributed by atoms with Gasteiger partial charge in [-0.2, -0.15) is 0 Å². The summed E-state index contributed by atoms with van der Waals surface area (Å²) in [5, 5.41) is 19.0. The number of furan rings is 1. The van der Waals surface area contributed by atoms with Gasteiger partial charge < -0.3 is 24.3 Å². The lowest BCUT2D eigenvalue weighted by molar-refractivity contribution is -0.117. The van der Waals surface area contributed by atoms with E-state index >= 15 is 0 Å². The minimum absolute atomic E-state index is 0.0388. The molecule has 1 unspecified atom stereocenters. The summed E-state index contributed by atoms with van der Waals surface area (Å²) in [5.74, 6) is -0.661. The van der Waals surface area contributed by atoms with Gasteiger partial charge in [-0.05, 0) is 42.2 Å². The van der Waals surface area contributed by atoms with E-state index in [1.807, 2.05) is 38.1 Å². The molecule has 0 radical (unpaired) electrons. The number of carboxylic acids is 1. The number of carbonyl (C=O) groups excluding carboxylic acids is 1. The average Bonchev–Trinajstić information content (AvgIpc) is 3.28. The fraction of sp³-hybridized carbons (Fsp3) is 0.429. The zero-order valence-corrected chi connectivity index (χ0v) is 16.0. The Morgan fingerprint density at radius 2 is 1.96 bits per heavy atom. The summed E-state index contributed by atoms with van der Waals surface area (Å²) >= 11 is 0. The summed E-state index contributed by atoms with van der Waals surface area (Å²) in [5.41, 5.74) is 1.60. The molecule has 1 aliphatic rings. The molecule has 1 amide bonds. The molecule has 1 aliphatic heterocycles. The maximum Gasteiger partial charge on any atom is 0.371 e. The van der Waals surface area contributed by atoms with Crippen molar-refractivity contribution < 1.29 is 29.0 Å². The van der Waals surface area contributed by atoms with Crippen molar-refractivity contribution >= 4 is 17.6 Å². The average molecular weight is 387 g/mol. The van der Waals surface area contributed by atoms with E-state index in [9.17, 15) is 14.7 Å². The van der Waals surface area contributed by atoms with Crippen LogP contribution in [0.2, 0.25) is 0 Å². The molecule has 0 saturated carbocycles. The third kappa shape index (κ3) is 4.43. The van der Waals surface area contributed by atoms with Crippen LogP contribution < -0.4 is 4.90 Å². The molecule has 2 aromatic rings. The third-order valence-electron chi connectivity index (χ3n) is 4.90. The summed E-state index contributed by atoms with van der Waals surface area (Å²) in [6, 6.07) is 10.3. The smallest absolute Gasteiger partial charge is 0.371 e. The molecule has 2 heterocycles. The van der Waals surface area contributed by atoms with Gasteiger partial charge in [0.05, 0.1) is 18.8 Å². The minimum atomic E-state index is -1.12. The molecule has 3 rings (SSSR count). The molecule has 7 nitrogen and oxygen atoms in total. The highest BCUT2D eigenvalue weighted by atomic mass is 16.5. The maximum atomic E-state index is 12.4. The first-order valence-corrected chi connectivity index (χ1v) is 9.36. The zero-order valence-electron chi connectivity index (χ0n) is 16.0. The predicted octanol–water partition coefficient (Wildman–Crippen LogP) is 3.38. The molecule has 2 atom stereocenters. The normalized spacial score (nSPS) is 18.1. The van der Waals surface area contributed by atoms with E-state index in [0.29, 0.717) is 25.2 Å². The second kappa shape index (κ2) is 8.58. The van der Waals surface area contributed by atoms with Gasteiger partial charge in [0, 0.05) is 12.1 Å². The summed E-state index contributed by atoms with van der Waals surface area (Å²) in [6.45, 7) is 4.37. The monoisotopic (exact) mass is 387 g/mol. The topological polar surface area (TPSA) is 100 Å². The molecule has 28 heavy (non-hydrogen) atoms. The fourth-order valence-corrected chi connectivity index (χ4v) is 3.34. The number of amides is 1. The summed E-state index contributed by atoms with van der Waals surface area (Å²) in [4.78, 5) is 24.9. The number of carboxylic acid groups (broad SMARTS) is 1. The van der Waals surface area contributed by atoms with Crippen LogP contribution in [0.3, 0.4) is 0 Å². The van der Waals surface area contributed by atoms with Crippen LogP contribution in [0.4, 0.5) is 5.69 Å². The van der Waals surface area contributed by atoms with E-state index in [2.05, 4.69) is 0 Å². The van der Waals surface area contributed by atoms with Crippen LogP contribution in [0.25, 0.3) is 0 Å². The molecule has 1 saturated heterocycles.